The fourth-order valence-electron chi connectivity index (χ4n) is 0.490. The Labute approximate surface area is 66.8 Å². The van der Waals surface area contributed by atoms with E-state index in [1.165, 1.54) is 0 Å². The first-order valence-corrected chi connectivity index (χ1v) is 3.52. The predicted octanol–water partition coefficient (Wildman–Crippen LogP) is -0.876. The Morgan fingerprint density at radius 2 is 2.27 bits per heavy atom. The van der Waals surface area contributed by atoms with Crippen LogP contribution in [0.5, 0.6) is 0 Å². The third-order valence-corrected chi connectivity index (χ3v) is 1.13. The Morgan fingerprint density at radius 1 is 1.64 bits per heavy atom. The quantitative estimate of drug-likeness (QED) is 0.406. The highest BCUT2D eigenvalue weighted by Crippen LogP contribution is 1.82. The van der Waals surface area contributed by atoms with Crippen molar-refractivity contribution in [2.45, 2.75) is 6.10 Å². The smallest absolute Gasteiger partial charge is 0.150 e. The number of nitrogens with zero attached hydrogens (tertiary/aromatic N) is 1. The Hall–Kier alpha value is -0.450. The van der Waals surface area contributed by atoms with E-state index in [2.05, 4.69) is 0 Å². The first kappa shape index (κ1) is 10.6. The summed E-state index contributed by atoms with van der Waals surface area (Å²) in [5.74, 6) is 0. The van der Waals surface area contributed by atoms with Gasteiger partial charge in [0, 0.05) is 6.54 Å². The summed E-state index contributed by atoms with van der Waals surface area (Å²) in [6.45, 7) is 1.43. The van der Waals surface area contributed by atoms with E-state index in [9.17, 15) is 4.79 Å². The minimum Gasteiger partial charge on any atom is -0.383 e. The Morgan fingerprint density at radius 3 is 2.73 bits per heavy atom. The Bertz CT molecular complexity index is 106. The number of rotatable bonds is 6. The lowest BCUT2D eigenvalue weighted by Gasteiger charge is -2.09. The summed E-state index contributed by atoms with van der Waals surface area (Å²) in [5.41, 5.74) is 0. The van der Waals surface area contributed by atoms with Crippen LogP contribution in [0.25, 0.3) is 0 Å². The van der Waals surface area contributed by atoms with Crippen LogP contribution < -0.4 is 0 Å². The highest BCUT2D eigenvalue weighted by Gasteiger charge is 1.99. The minimum atomic E-state index is -0.975. The molecular weight excluding hydrogens is 146 g/mol. The molecule has 0 radical (unpaired) electrons. The van der Waals surface area contributed by atoms with Crippen molar-refractivity contribution in [2.75, 3.05) is 33.9 Å². The average Bonchev–Trinajstić information content (AvgIpc) is 1.97. The van der Waals surface area contributed by atoms with Gasteiger partial charge >= 0.3 is 0 Å². The second-order valence-electron chi connectivity index (χ2n) is 2.58. The van der Waals surface area contributed by atoms with E-state index in [4.69, 9.17) is 9.84 Å². The maximum Gasteiger partial charge on any atom is 0.150 e. The molecule has 1 N–H and O–H groups in total. The van der Waals surface area contributed by atoms with Crippen LogP contribution in [0.4, 0.5) is 0 Å². The molecule has 0 amide bonds. The Balaban J connectivity index is 3.07. The van der Waals surface area contributed by atoms with Crippen LogP contribution in [0.3, 0.4) is 0 Å². The third kappa shape index (κ3) is 7.45. The van der Waals surface area contributed by atoms with Gasteiger partial charge in [0.2, 0.25) is 0 Å². The molecule has 0 heterocycles. The van der Waals surface area contributed by atoms with Crippen LogP contribution in [0, 0.1) is 0 Å². The molecule has 4 nitrogen and oxygen atoms in total. The largest absolute Gasteiger partial charge is 0.383 e. The molecular formula is C7H15NO3. The van der Waals surface area contributed by atoms with Crippen molar-refractivity contribution in [2.24, 2.45) is 0 Å². The molecule has 0 saturated heterocycles. The van der Waals surface area contributed by atoms with Crippen molar-refractivity contribution in [3.05, 3.63) is 0 Å². The SMILES string of the molecule is CN(C)CCOCC(O)C=O. The van der Waals surface area contributed by atoms with Crippen molar-refractivity contribution in [1.29, 1.82) is 0 Å². The first-order valence-electron chi connectivity index (χ1n) is 3.52. The zero-order valence-electron chi connectivity index (χ0n) is 6.99. The van der Waals surface area contributed by atoms with Crippen LogP contribution >= 0.6 is 0 Å². The number of carbonyl (C=O) groups excluding carboxylic acids is 1. The lowest BCUT2D eigenvalue weighted by Crippen LogP contribution is -2.22. The standard InChI is InChI=1S/C7H15NO3/c1-8(2)3-4-11-6-7(10)5-9/h5,7,10H,3-4,6H2,1-2H3. The highest BCUT2D eigenvalue weighted by molar-refractivity contribution is 5.55. The maximum atomic E-state index is 9.89. The maximum absolute atomic E-state index is 9.89. The van der Waals surface area contributed by atoms with Crippen molar-refractivity contribution < 1.29 is 14.6 Å². The van der Waals surface area contributed by atoms with Gasteiger partial charge in [0.1, 0.15) is 6.10 Å². The van der Waals surface area contributed by atoms with Crippen molar-refractivity contribution in [3.63, 3.8) is 0 Å². The molecule has 4 heteroatoms. The molecule has 0 saturated carbocycles. The van der Waals surface area contributed by atoms with Crippen LogP contribution in [-0.4, -0.2) is 56.3 Å². The molecule has 66 valence electrons. The average molecular weight is 161 g/mol. The summed E-state index contributed by atoms with van der Waals surface area (Å²) >= 11 is 0. The number of aliphatic hydroxyl groups is 1. The van der Waals surface area contributed by atoms with Crippen LogP contribution in [0.2, 0.25) is 0 Å². The molecule has 0 aliphatic carbocycles. The number of carbonyl (C=O) groups is 1. The molecule has 0 spiro atoms. The van der Waals surface area contributed by atoms with Gasteiger partial charge in [-0.25, -0.2) is 0 Å². The van der Waals surface area contributed by atoms with Gasteiger partial charge in [0.15, 0.2) is 6.29 Å². The van der Waals surface area contributed by atoms with Gasteiger partial charge in [-0.15, -0.1) is 0 Å². The van der Waals surface area contributed by atoms with E-state index >= 15 is 0 Å². The minimum absolute atomic E-state index is 0.0946. The van der Waals surface area contributed by atoms with E-state index in [-0.39, 0.29) is 6.61 Å². The lowest BCUT2D eigenvalue weighted by atomic mass is 10.4. The molecule has 1 atom stereocenters. The van der Waals surface area contributed by atoms with Crippen molar-refractivity contribution in [3.8, 4) is 0 Å². The first-order chi connectivity index (χ1) is 5.16. The predicted molar refractivity (Wildman–Crippen MR) is 41.4 cm³/mol. The lowest BCUT2D eigenvalue weighted by molar-refractivity contribution is -0.117. The molecule has 0 fully saturated rings. The number of ether oxygens (including phenoxy) is 1. The normalized spacial score (nSPS) is 13.5. The summed E-state index contributed by atoms with van der Waals surface area (Å²) in [6, 6.07) is 0. The van der Waals surface area contributed by atoms with Gasteiger partial charge in [-0.05, 0) is 14.1 Å². The Kier molecular flexibility index (Phi) is 6.02. The second kappa shape index (κ2) is 6.27. The monoisotopic (exact) mass is 161 g/mol. The summed E-state index contributed by atoms with van der Waals surface area (Å²) in [4.78, 5) is 11.9. The molecule has 0 rings (SSSR count). The van der Waals surface area contributed by atoms with Gasteiger partial charge in [-0.3, -0.25) is 0 Å². The second-order valence-corrected chi connectivity index (χ2v) is 2.58. The number of aldehydes is 1. The summed E-state index contributed by atoms with van der Waals surface area (Å²) in [6.07, 6.45) is -0.507. The van der Waals surface area contributed by atoms with E-state index < -0.39 is 6.10 Å². The summed E-state index contributed by atoms with van der Waals surface area (Å²) in [5, 5.41) is 8.72. The fourth-order valence-corrected chi connectivity index (χ4v) is 0.490. The number of hydrogen-bond acceptors (Lipinski definition) is 4. The van der Waals surface area contributed by atoms with Gasteiger partial charge in [0.05, 0.1) is 13.2 Å². The van der Waals surface area contributed by atoms with Gasteiger partial charge in [-0.2, -0.15) is 0 Å². The molecule has 0 aromatic rings. The van der Waals surface area contributed by atoms with Crippen molar-refractivity contribution >= 4 is 6.29 Å². The van der Waals surface area contributed by atoms with Crippen LogP contribution in [-0.2, 0) is 9.53 Å². The van der Waals surface area contributed by atoms with E-state index in [1.54, 1.807) is 0 Å². The number of hydrogen-bond donors (Lipinski definition) is 1. The molecule has 0 bridgehead atoms. The molecule has 0 aromatic heterocycles. The molecule has 0 aromatic carbocycles. The molecule has 11 heavy (non-hydrogen) atoms. The van der Waals surface area contributed by atoms with Crippen molar-refractivity contribution in [1.82, 2.24) is 4.90 Å². The molecule has 0 aliphatic rings. The number of likely N-dealkylation sites (N-methyl/N-ethyl adjacent to an activating group) is 1. The van der Waals surface area contributed by atoms with E-state index in [0.29, 0.717) is 12.9 Å². The summed E-state index contributed by atoms with van der Waals surface area (Å²) in [7, 11) is 3.86. The van der Waals surface area contributed by atoms with Crippen LogP contribution in [0.1, 0.15) is 0 Å². The topological polar surface area (TPSA) is 49.8 Å². The van der Waals surface area contributed by atoms with E-state index in [0.717, 1.165) is 6.54 Å². The molecule has 0 aliphatic heterocycles. The number of aliphatic hydroxyl groups excluding tert-OH is 1. The van der Waals surface area contributed by atoms with Crippen LogP contribution in [0.15, 0.2) is 0 Å². The summed E-state index contributed by atoms with van der Waals surface area (Å²) < 4.78 is 4.97. The third-order valence-electron chi connectivity index (χ3n) is 1.13. The zero-order valence-corrected chi connectivity index (χ0v) is 6.99. The fraction of sp³-hybridized carbons (Fsp3) is 0.857. The molecule has 1 unspecified atom stereocenters. The van der Waals surface area contributed by atoms with Gasteiger partial charge in [0.25, 0.3) is 0 Å². The van der Waals surface area contributed by atoms with E-state index in [1.807, 2.05) is 19.0 Å². The highest BCUT2D eigenvalue weighted by atomic mass is 16.5. The zero-order chi connectivity index (χ0) is 8.69. The van der Waals surface area contributed by atoms with Gasteiger partial charge in [-0.1, -0.05) is 0 Å². The van der Waals surface area contributed by atoms with Gasteiger partial charge < -0.3 is 19.5 Å².